The summed E-state index contributed by atoms with van der Waals surface area (Å²) in [6.45, 7) is 2.87. The molecule has 0 bridgehead atoms. The van der Waals surface area contributed by atoms with E-state index >= 15 is 0 Å². The van der Waals surface area contributed by atoms with Crippen LogP contribution in [0.15, 0.2) is 0 Å². The fraction of sp³-hybridized carbons (Fsp3) is 0.800. The van der Waals surface area contributed by atoms with Gasteiger partial charge in [-0.05, 0) is 25.7 Å². The van der Waals surface area contributed by atoms with Crippen molar-refractivity contribution in [2.75, 3.05) is 13.1 Å². The molecule has 21 heavy (non-hydrogen) atoms. The summed E-state index contributed by atoms with van der Waals surface area (Å²) in [5.74, 6) is -1.69. The Morgan fingerprint density at radius 2 is 2.00 bits per heavy atom. The minimum Gasteiger partial charge on any atom is -0.480 e. The lowest BCUT2D eigenvalue weighted by atomic mass is 9.83. The minimum absolute atomic E-state index is 0.0135. The Bertz CT molecular complexity index is 418. The van der Waals surface area contributed by atoms with E-state index in [4.69, 9.17) is 0 Å². The van der Waals surface area contributed by atoms with Crippen LogP contribution in [-0.4, -0.2) is 46.9 Å². The summed E-state index contributed by atoms with van der Waals surface area (Å²) in [7, 11) is 0. The number of aliphatic carboxylic acids is 1. The number of nitrogens with one attached hydrogen (secondary N) is 1. The van der Waals surface area contributed by atoms with Crippen LogP contribution >= 0.6 is 0 Å². The van der Waals surface area contributed by atoms with E-state index < -0.39 is 17.9 Å². The molecule has 2 atom stereocenters. The smallest absolute Gasteiger partial charge is 0.326 e. The van der Waals surface area contributed by atoms with Gasteiger partial charge >= 0.3 is 5.97 Å². The van der Waals surface area contributed by atoms with Gasteiger partial charge < -0.3 is 15.3 Å². The van der Waals surface area contributed by atoms with Gasteiger partial charge in [-0.2, -0.15) is 0 Å². The maximum atomic E-state index is 12.3. The van der Waals surface area contributed by atoms with Crippen LogP contribution in [0.3, 0.4) is 0 Å². The second-order valence-electron chi connectivity index (χ2n) is 6.06. The van der Waals surface area contributed by atoms with Gasteiger partial charge in [-0.25, -0.2) is 4.79 Å². The SMILES string of the molecule is CCN1CC(C(=O)NC(C(=O)O)C2CCCCC2)CC1=O. The summed E-state index contributed by atoms with van der Waals surface area (Å²) in [4.78, 5) is 37.0. The van der Waals surface area contributed by atoms with Crippen LogP contribution < -0.4 is 5.32 Å². The van der Waals surface area contributed by atoms with Crippen molar-refractivity contribution in [2.45, 2.75) is 51.5 Å². The summed E-state index contributed by atoms with van der Waals surface area (Å²) in [6, 6.07) is -0.816. The molecule has 0 aromatic carbocycles. The Labute approximate surface area is 124 Å². The Kier molecular flexibility index (Phi) is 5.20. The molecule has 1 saturated heterocycles. The Morgan fingerprint density at radius 1 is 1.33 bits per heavy atom. The number of likely N-dealkylation sites (tertiary alicyclic amines) is 1. The van der Waals surface area contributed by atoms with Crippen molar-refractivity contribution >= 4 is 17.8 Å². The summed E-state index contributed by atoms with van der Waals surface area (Å²) in [5.41, 5.74) is 0. The van der Waals surface area contributed by atoms with E-state index in [2.05, 4.69) is 5.32 Å². The Balaban J connectivity index is 1.95. The zero-order valence-corrected chi connectivity index (χ0v) is 12.5. The van der Waals surface area contributed by atoms with Crippen LogP contribution in [0.1, 0.15) is 45.4 Å². The molecule has 0 spiro atoms. The lowest BCUT2D eigenvalue weighted by molar-refractivity contribution is -0.144. The normalized spacial score (nSPS) is 24.9. The fourth-order valence-corrected chi connectivity index (χ4v) is 3.37. The van der Waals surface area contributed by atoms with Crippen LogP contribution in [0, 0.1) is 11.8 Å². The van der Waals surface area contributed by atoms with E-state index in [1.807, 2.05) is 6.92 Å². The van der Waals surface area contributed by atoms with E-state index in [0.29, 0.717) is 13.1 Å². The molecule has 0 aromatic heterocycles. The molecule has 6 heteroatoms. The fourth-order valence-electron chi connectivity index (χ4n) is 3.37. The number of carboxylic acids is 1. The number of nitrogens with zero attached hydrogens (tertiary/aromatic N) is 1. The summed E-state index contributed by atoms with van der Waals surface area (Å²) in [5, 5.41) is 12.1. The molecule has 2 unspecified atom stereocenters. The van der Waals surface area contributed by atoms with Crippen molar-refractivity contribution in [2.24, 2.45) is 11.8 Å². The molecule has 0 aromatic rings. The predicted octanol–water partition coefficient (Wildman–Crippen LogP) is 1.00. The number of hydrogen-bond acceptors (Lipinski definition) is 3. The van der Waals surface area contributed by atoms with E-state index in [-0.39, 0.29) is 24.2 Å². The maximum Gasteiger partial charge on any atom is 0.326 e. The first-order chi connectivity index (χ1) is 10.0. The number of amides is 2. The maximum absolute atomic E-state index is 12.3. The third-order valence-electron chi connectivity index (χ3n) is 4.65. The standard InChI is InChI=1S/C15H24N2O4/c1-2-17-9-11(8-12(17)18)14(19)16-13(15(20)21)10-6-4-3-5-7-10/h10-11,13H,2-9H2,1H3,(H,16,19)(H,20,21). The molecule has 6 nitrogen and oxygen atoms in total. The molecular formula is C15H24N2O4. The number of carbonyl (C=O) groups excluding carboxylic acids is 2. The van der Waals surface area contributed by atoms with Crippen molar-refractivity contribution in [1.82, 2.24) is 10.2 Å². The Hall–Kier alpha value is -1.59. The zero-order valence-electron chi connectivity index (χ0n) is 12.5. The van der Waals surface area contributed by atoms with Gasteiger partial charge in [-0.3, -0.25) is 9.59 Å². The Morgan fingerprint density at radius 3 is 2.52 bits per heavy atom. The molecule has 2 aliphatic rings. The van der Waals surface area contributed by atoms with Crippen LogP contribution in [0.5, 0.6) is 0 Å². The van der Waals surface area contributed by atoms with Crippen LogP contribution in [0.4, 0.5) is 0 Å². The lowest BCUT2D eigenvalue weighted by Gasteiger charge is -2.28. The highest BCUT2D eigenvalue weighted by molar-refractivity contribution is 5.91. The van der Waals surface area contributed by atoms with E-state index in [0.717, 1.165) is 32.1 Å². The summed E-state index contributed by atoms with van der Waals surface area (Å²) >= 11 is 0. The van der Waals surface area contributed by atoms with Crippen LogP contribution in [-0.2, 0) is 14.4 Å². The predicted molar refractivity (Wildman–Crippen MR) is 76.5 cm³/mol. The molecular weight excluding hydrogens is 272 g/mol. The van der Waals surface area contributed by atoms with E-state index in [1.165, 1.54) is 0 Å². The minimum atomic E-state index is -0.966. The largest absolute Gasteiger partial charge is 0.480 e. The summed E-state index contributed by atoms with van der Waals surface area (Å²) < 4.78 is 0. The highest BCUT2D eigenvalue weighted by Crippen LogP contribution is 2.27. The molecule has 1 aliphatic carbocycles. The second-order valence-corrected chi connectivity index (χ2v) is 6.06. The van der Waals surface area contributed by atoms with Gasteiger partial charge in [-0.1, -0.05) is 19.3 Å². The van der Waals surface area contributed by atoms with E-state index in [9.17, 15) is 19.5 Å². The molecule has 118 valence electrons. The molecule has 2 rings (SSSR count). The molecule has 1 aliphatic heterocycles. The quantitative estimate of drug-likeness (QED) is 0.792. The molecule has 2 amide bonds. The number of carbonyl (C=O) groups is 3. The third-order valence-corrected chi connectivity index (χ3v) is 4.65. The molecule has 2 N–H and O–H groups in total. The first kappa shape index (κ1) is 15.8. The third kappa shape index (κ3) is 3.74. The van der Waals surface area contributed by atoms with Crippen LogP contribution in [0.2, 0.25) is 0 Å². The van der Waals surface area contributed by atoms with Gasteiger partial charge in [0.15, 0.2) is 0 Å². The van der Waals surface area contributed by atoms with Gasteiger partial charge in [-0.15, -0.1) is 0 Å². The number of hydrogen-bond donors (Lipinski definition) is 2. The van der Waals surface area contributed by atoms with Crippen molar-refractivity contribution in [3.8, 4) is 0 Å². The van der Waals surface area contributed by atoms with Crippen molar-refractivity contribution in [3.63, 3.8) is 0 Å². The molecule has 0 radical (unpaired) electrons. The van der Waals surface area contributed by atoms with Crippen molar-refractivity contribution in [1.29, 1.82) is 0 Å². The molecule has 1 heterocycles. The van der Waals surface area contributed by atoms with Crippen molar-refractivity contribution in [3.05, 3.63) is 0 Å². The van der Waals surface area contributed by atoms with Gasteiger partial charge in [0.1, 0.15) is 6.04 Å². The summed E-state index contributed by atoms with van der Waals surface area (Å²) in [6.07, 6.45) is 5.07. The van der Waals surface area contributed by atoms with Crippen LogP contribution in [0.25, 0.3) is 0 Å². The monoisotopic (exact) mass is 296 g/mol. The average molecular weight is 296 g/mol. The van der Waals surface area contributed by atoms with Gasteiger partial charge in [0.2, 0.25) is 11.8 Å². The molecule has 1 saturated carbocycles. The zero-order chi connectivity index (χ0) is 15.4. The highest BCUT2D eigenvalue weighted by atomic mass is 16.4. The topological polar surface area (TPSA) is 86.7 Å². The molecule has 2 fully saturated rings. The number of rotatable bonds is 5. The van der Waals surface area contributed by atoms with Gasteiger partial charge in [0.25, 0.3) is 0 Å². The lowest BCUT2D eigenvalue weighted by Crippen LogP contribution is -2.48. The van der Waals surface area contributed by atoms with E-state index in [1.54, 1.807) is 4.90 Å². The van der Waals surface area contributed by atoms with Gasteiger partial charge in [0.05, 0.1) is 5.92 Å². The van der Waals surface area contributed by atoms with Gasteiger partial charge in [0, 0.05) is 19.5 Å². The first-order valence-electron chi connectivity index (χ1n) is 7.84. The first-order valence-corrected chi connectivity index (χ1v) is 7.84. The van der Waals surface area contributed by atoms with Crippen molar-refractivity contribution < 1.29 is 19.5 Å². The second kappa shape index (κ2) is 6.91. The number of carboxylic acid groups (broad SMARTS) is 1. The average Bonchev–Trinajstić information content (AvgIpc) is 2.86. The highest BCUT2D eigenvalue weighted by Gasteiger charge is 2.37.